The number of fused-ring (bicyclic) bond motifs is 1. The molecule has 4 heteroatoms. The summed E-state index contributed by atoms with van der Waals surface area (Å²) in [5, 5.41) is 10.8. The molecule has 0 bridgehead atoms. The summed E-state index contributed by atoms with van der Waals surface area (Å²) in [6.45, 7) is 9.19. The van der Waals surface area contributed by atoms with Gasteiger partial charge in [0.25, 0.3) is 0 Å². The molecule has 3 nitrogen and oxygen atoms in total. The van der Waals surface area contributed by atoms with E-state index in [1.54, 1.807) is 13.0 Å². The molecule has 2 heterocycles. The molecule has 146 valence electrons. The maximum atomic E-state index is 14.4. The van der Waals surface area contributed by atoms with E-state index in [9.17, 15) is 9.65 Å². The number of hydrogen-bond donors (Lipinski definition) is 0. The molecule has 0 unspecified atom stereocenters. The quantitative estimate of drug-likeness (QED) is 0.634. The van der Waals surface area contributed by atoms with Crippen molar-refractivity contribution in [3.63, 3.8) is 0 Å². The van der Waals surface area contributed by atoms with Crippen LogP contribution in [0.5, 0.6) is 0 Å². The van der Waals surface area contributed by atoms with E-state index in [0.717, 1.165) is 41.7 Å². The Morgan fingerprint density at radius 3 is 2.54 bits per heavy atom. The Hall–Kier alpha value is -2.54. The summed E-state index contributed by atoms with van der Waals surface area (Å²) in [5.41, 5.74) is 4.15. The lowest BCUT2D eigenvalue weighted by molar-refractivity contribution is 0.238. The van der Waals surface area contributed by atoms with Gasteiger partial charge in [-0.25, -0.2) is 4.39 Å². The molecule has 2 aliphatic rings. The highest BCUT2D eigenvalue weighted by Crippen LogP contribution is 2.42. The summed E-state index contributed by atoms with van der Waals surface area (Å²) in [4.78, 5) is 2.34. The SMILES string of the molecule is Cc1cc2c(cc1F)c(C#N)c(C1=CC=CCN1C(C)(C)C)n2C1CCCC1. The fourth-order valence-corrected chi connectivity index (χ4v) is 4.70. The maximum absolute atomic E-state index is 14.4. The van der Waals surface area contributed by atoms with Crippen molar-refractivity contribution in [2.75, 3.05) is 6.54 Å². The first-order valence-corrected chi connectivity index (χ1v) is 10.2. The van der Waals surface area contributed by atoms with Crippen molar-refractivity contribution >= 4 is 16.6 Å². The average molecular weight is 378 g/mol. The molecule has 1 aliphatic carbocycles. The summed E-state index contributed by atoms with van der Waals surface area (Å²) in [7, 11) is 0. The van der Waals surface area contributed by atoms with Gasteiger partial charge in [0, 0.05) is 23.5 Å². The molecule has 1 aliphatic heterocycles. The van der Waals surface area contributed by atoms with Gasteiger partial charge in [-0.05, 0) is 64.3 Å². The van der Waals surface area contributed by atoms with Crippen LogP contribution in [-0.2, 0) is 0 Å². The van der Waals surface area contributed by atoms with Crippen LogP contribution in [0.3, 0.4) is 0 Å². The summed E-state index contributed by atoms with van der Waals surface area (Å²) in [6.07, 6.45) is 10.9. The lowest BCUT2D eigenvalue weighted by atomic mass is 9.99. The lowest BCUT2D eigenvalue weighted by Gasteiger charge is -2.40. The van der Waals surface area contributed by atoms with Gasteiger partial charge in [0.05, 0.1) is 22.5 Å². The van der Waals surface area contributed by atoms with Gasteiger partial charge >= 0.3 is 0 Å². The first kappa shape index (κ1) is 18.8. The van der Waals surface area contributed by atoms with Gasteiger partial charge in [0.15, 0.2) is 0 Å². The predicted molar refractivity (Wildman–Crippen MR) is 112 cm³/mol. The normalized spacial score (nSPS) is 18.0. The minimum atomic E-state index is -0.246. The van der Waals surface area contributed by atoms with Crippen LogP contribution >= 0.6 is 0 Å². The molecule has 0 spiro atoms. The molecular weight excluding hydrogens is 349 g/mol. The number of aryl methyl sites for hydroxylation is 1. The third-order valence-corrected chi connectivity index (χ3v) is 6.11. The maximum Gasteiger partial charge on any atom is 0.126 e. The van der Waals surface area contributed by atoms with Crippen molar-refractivity contribution in [2.24, 2.45) is 0 Å². The van der Waals surface area contributed by atoms with Crippen molar-refractivity contribution in [3.05, 3.63) is 53.0 Å². The van der Waals surface area contributed by atoms with E-state index < -0.39 is 0 Å². The lowest BCUT2D eigenvalue weighted by Crippen LogP contribution is -2.41. The smallest absolute Gasteiger partial charge is 0.126 e. The number of aromatic nitrogens is 1. The number of benzene rings is 1. The summed E-state index contributed by atoms with van der Waals surface area (Å²) < 4.78 is 16.8. The number of hydrogen-bond acceptors (Lipinski definition) is 2. The Morgan fingerprint density at radius 2 is 1.89 bits per heavy atom. The van der Waals surface area contributed by atoms with Crippen LogP contribution in [0, 0.1) is 24.1 Å². The first-order chi connectivity index (χ1) is 13.3. The van der Waals surface area contributed by atoms with E-state index in [-0.39, 0.29) is 11.4 Å². The Bertz CT molecular complexity index is 1020. The van der Waals surface area contributed by atoms with Crippen molar-refractivity contribution in [2.45, 2.75) is 65.0 Å². The van der Waals surface area contributed by atoms with E-state index >= 15 is 0 Å². The molecule has 1 aromatic carbocycles. The zero-order valence-electron chi connectivity index (χ0n) is 17.2. The summed E-state index contributed by atoms with van der Waals surface area (Å²) in [6, 6.07) is 6.26. The molecule has 0 saturated heterocycles. The van der Waals surface area contributed by atoms with Crippen LogP contribution in [-0.4, -0.2) is 21.6 Å². The van der Waals surface area contributed by atoms with Gasteiger partial charge in [-0.3, -0.25) is 0 Å². The third kappa shape index (κ3) is 2.94. The van der Waals surface area contributed by atoms with Gasteiger partial charge < -0.3 is 9.47 Å². The summed E-state index contributed by atoms with van der Waals surface area (Å²) >= 11 is 0. The Balaban J connectivity index is 2.07. The second-order valence-electron chi connectivity index (χ2n) is 9.02. The first-order valence-electron chi connectivity index (χ1n) is 10.2. The van der Waals surface area contributed by atoms with Crippen LogP contribution in [0.25, 0.3) is 16.6 Å². The summed E-state index contributed by atoms with van der Waals surface area (Å²) in [5.74, 6) is -0.246. The van der Waals surface area contributed by atoms with Gasteiger partial charge in [-0.1, -0.05) is 25.0 Å². The highest BCUT2D eigenvalue weighted by molar-refractivity contribution is 5.93. The van der Waals surface area contributed by atoms with Crippen molar-refractivity contribution in [3.8, 4) is 6.07 Å². The van der Waals surface area contributed by atoms with Crippen molar-refractivity contribution < 1.29 is 4.39 Å². The van der Waals surface area contributed by atoms with E-state index in [1.807, 2.05) is 6.07 Å². The number of nitriles is 1. The van der Waals surface area contributed by atoms with Crippen LogP contribution in [0.1, 0.15) is 69.3 Å². The van der Waals surface area contributed by atoms with E-state index in [1.165, 1.54) is 12.8 Å². The molecule has 0 amide bonds. The molecule has 2 aromatic rings. The molecule has 1 fully saturated rings. The molecule has 28 heavy (non-hydrogen) atoms. The predicted octanol–water partition coefficient (Wildman–Crippen LogP) is 6.09. The van der Waals surface area contributed by atoms with Gasteiger partial charge in [0.1, 0.15) is 11.9 Å². The zero-order valence-corrected chi connectivity index (χ0v) is 17.2. The van der Waals surface area contributed by atoms with E-state index in [4.69, 9.17) is 0 Å². The third-order valence-electron chi connectivity index (χ3n) is 6.11. The second kappa shape index (κ2) is 6.81. The van der Waals surface area contributed by atoms with Gasteiger partial charge in [0.2, 0.25) is 0 Å². The Kier molecular flexibility index (Phi) is 4.57. The van der Waals surface area contributed by atoms with Crippen LogP contribution in [0.15, 0.2) is 30.4 Å². The Labute approximate surface area is 166 Å². The zero-order chi connectivity index (χ0) is 20.1. The molecule has 0 radical (unpaired) electrons. The number of halogens is 1. The molecule has 1 saturated carbocycles. The van der Waals surface area contributed by atoms with Crippen LogP contribution in [0.4, 0.5) is 4.39 Å². The monoisotopic (exact) mass is 377 g/mol. The largest absolute Gasteiger partial charge is 0.361 e. The van der Waals surface area contributed by atoms with Gasteiger partial charge in [-0.2, -0.15) is 5.26 Å². The van der Waals surface area contributed by atoms with E-state index in [2.05, 4.69) is 54.5 Å². The second-order valence-corrected chi connectivity index (χ2v) is 9.02. The highest BCUT2D eigenvalue weighted by Gasteiger charge is 2.33. The highest BCUT2D eigenvalue weighted by atomic mass is 19.1. The fourth-order valence-electron chi connectivity index (χ4n) is 4.70. The molecule has 0 atom stereocenters. The topological polar surface area (TPSA) is 32.0 Å². The average Bonchev–Trinajstić information content (AvgIpc) is 3.27. The van der Waals surface area contributed by atoms with Crippen molar-refractivity contribution in [1.29, 1.82) is 5.26 Å². The number of rotatable bonds is 2. The number of allylic oxidation sites excluding steroid dienone is 2. The van der Waals surface area contributed by atoms with Crippen LogP contribution < -0.4 is 0 Å². The molecule has 4 rings (SSSR count). The molecule has 0 N–H and O–H groups in total. The van der Waals surface area contributed by atoms with Crippen LogP contribution in [0.2, 0.25) is 0 Å². The van der Waals surface area contributed by atoms with E-state index in [0.29, 0.717) is 17.2 Å². The van der Waals surface area contributed by atoms with Gasteiger partial charge in [-0.15, -0.1) is 0 Å². The standard InChI is InChI=1S/C24H28FN3/c1-16-13-22-18(14-20(16)25)19(15-26)23(28(22)17-9-5-6-10-17)21-11-7-8-12-27(21)24(2,3)4/h7-8,11,13-14,17H,5-6,9-10,12H2,1-4H3. The number of nitrogens with zero attached hydrogens (tertiary/aromatic N) is 3. The molecule has 1 aromatic heterocycles. The fraction of sp³-hybridized carbons (Fsp3) is 0.458. The van der Waals surface area contributed by atoms with Crippen molar-refractivity contribution in [1.82, 2.24) is 9.47 Å². The minimum absolute atomic E-state index is 0.0819. The molecular formula is C24H28FN3. The Morgan fingerprint density at radius 1 is 1.18 bits per heavy atom. The minimum Gasteiger partial charge on any atom is -0.361 e.